The fourth-order valence-corrected chi connectivity index (χ4v) is 3.20. The van der Waals surface area contributed by atoms with Gasteiger partial charge in [0.1, 0.15) is 11.9 Å². The molecule has 1 aliphatic carbocycles. The number of anilines is 1. The predicted octanol–water partition coefficient (Wildman–Crippen LogP) is 3.85. The minimum absolute atomic E-state index is 0.182. The Bertz CT molecular complexity index is 503. The number of halogens is 1. The van der Waals surface area contributed by atoms with Crippen LogP contribution < -0.4 is 10.1 Å². The van der Waals surface area contributed by atoms with Gasteiger partial charge in [-0.05, 0) is 31.4 Å². The summed E-state index contributed by atoms with van der Waals surface area (Å²) in [5, 5.41) is 11.7. The Morgan fingerprint density at radius 2 is 2.17 bits per heavy atom. The summed E-state index contributed by atoms with van der Waals surface area (Å²) >= 11 is 6.05. The standard InChI is InChI=1S/C13H14ClNO3/c14-7-5-9-8-3-1-2-4-11(8)18-12(9)10(6-7)15-13(16)17/h5-6,8,11,15H,1-4H2,(H,16,17). The zero-order valence-electron chi connectivity index (χ0n) is 9.78. The van der Waals surface area contributed by atoms with E-state index in [0.717, 1.165) is 18.4 Å². The molecular weight excluding hydrogens is 254 g/mol. The maximum absolute atomic E-state index is 10.8. The highest BCUT2D eigenvalue weighted by atomic mass is 35.5. The Labute approximate surface area is 110 Å². The number of nitrogens with one attached hydrogen (secondary N) is 1. The number of fused-ring (bicyclic) bond motifs is 3. The minimum atomic E-state index is -1.10. The second-order valence-electron chi connectivity index (χ2n) is 4.85. The van der Waals surface area contributed by atoms with Gasteiger partial charge in [-0.3, -0.25) is 5.32 Å². The SMILES string of the molecule is O=C(O)Nc1cc(Cl)cc2c1OC1CCCCC21. The molecule has 1 fully saturated rings. The molecular formula is C13H14ClNO3. The van der Waals surface area contributed by atoms with Crippen molar-refractivity contribution in [3.05, 3.63) is 22.7 Å². The van der Waals surface area contributed by atoms with Crippen molar-refractivity contribution in [2.45, 2.75) is 37.7 Å². The van der Waals surface area contributed by atoms with Gasteiger partial charge in [0, 0.05) is 16.5 Å². The van der Waals surface area contributed by atoms with Crippen molar-refractivity contribution < 1.29 is 14.6 Å². The molecule has 1 saturated carbocycles. The molecule has 1 aromatic rings. The molecule has 2 atom stereocenters. The summed E-state index contributed by atoms with van der Waals surface area (Å²) in [6, 6.07) is 3.51. The third-order valence-corrected chi connectivity index (χ3v) is 3.91. The van der Waals surface area contributed by atoms with Gasteiger partial charge in [0.15, 0.2) is 0 Å². The number of ether oxygens (including phenoxy) is 1. The van der Waals surface area contributed by atoms with Crippen LogP contribution in [0.4, 0.5) is 10.5 Å². The largest absolute Gasteiger partial charge is 0.487 e. The fourth-order valence-electron chi connectivity index (χ4n) is 2.97. The average molecular weight is 268 g/mol. The molecule has 0 bridgehead atoms. The van der Waals surface area contributed by atoms with Gasteiger partial charge in [-0.2, -0.15) is 0 Å². The molecule has 0 radical (unpaired) electrons. The first-order valence-corrected chi connectivity index (χ1v) is 6.53. The smallest absolute Gasteiger partial charge is 0.409 e. The van der Waals surface area contributed by atoms with Gasteiger partial charge in [0.05, 0.1) is 5.69 Å². The third kappa shape index (κ3) is 1.90. The van der Waals surface area contributed by atoms with E-state index in [0.29, 0.717) is 22.4 Å². The Balaban J connectivity index is 2.02. The van der Waals surface area contributed by atoms with Crippen LogP contribution in [0.5, 0.6) is 5.75 Å². The first kappa shape index (κ1) is 11.7. The Hall–Kier alpha value is -1.42. The number of hydrogen-bond acceptors (Lipinski definition) is 2. The molecule has 4 nitrogen and oxygen atoms in total. The molecule has 96 valence electrons. The van der Waals surface area contributed by atoms with Crippen LogP contribution in [0.25, 0.3) is 0 Å². The van der Waals surface area contributed by atoms with Crippen molar-refractivity contribution >= 4 is 23.4 Å². The van der Waals surface area contributed by atoms with Crippen LogP contribution in [-0.2, 0) is 0 Å². The van der Waals surface area contributed by atoms with Crippen LogP contribution >= 0.6 is 11.6 Å². The molecule has 5 heteroatoms. The monoisotopic (exact) mass is 267 g/mol. The molecule has 2 N–H and O–H groups in total. The van der Waals surface area contributed by atoms with E-state index in [4.69, 9.17) is 21.4 Å². The Kier molecular flexibility index (Phi) is 2.82. The molecule has 0 spiro atoms. The van der Waals surface area contributed by atoms with Crippen LogP contribution in [0.3, 0.4) is 0 Å². The molecule has 1 aromatic carbocycles. The maximum Gasteiger partial charge on any atom is 0.409 e. The van der Waals surface area contributed by atoms with Crippen molar-refractivity contribution in [2.24, 2.45) is 0 Å². The predicted molar refractivity (Wildman–Crippen MR) is 68.7 cm³/mol. The highest BCUT2D eigenvalue weighted by molar-refractivity contribution is 6.31. The number of hydrogen-bond donors (Lipinski definition) is 2. The molecule has 1 heterocycles. The van der Waals surface area contributed by atoms with Gasteiger partial charge >= 0.3 is 6.09 Å². The summed E-state index contributed by atoms with van der Waals surface area (Å²) < 4.78 is 5.91. The summed E-state index contributed by atoms with van der Waals surface area (Å²) in [6.07, 6.45) is 3.57. The van der Waals surface area contributed by atoms with Crippen molar-refractivity contribution in [2.75, 3.05) is 5.32 Å². The molecule has 2 aliphatic rings. The number of carbonyl (C=O) groups is 1. The average Bonchev–Trinajstić information content (AvgIpc) is 2.67. The van der Waals surface area contributed by atoms with Gasteiger partial charge in [-0.25, -0.2) is 4.79 Å². The van der Waals surface area contributed by atoms with Gasteiger partial charge in [0.25, 0.3) is 0 Å². The van der Waals surface area contributed by atoms with E-state index in [-0.39, 0.29) is 6.10 Å². The normalized spacial score (nSPS) is 24.9. The summed E-state index contributed by atoms with van der Waals surface area (Å²) in [5.41, 5.74) is 1.51. The van der Waals surface area contributed by atoms with Crippen LogP contribution in [0.1, 0.15) is 37.2 Å². The van der Waals surface area contributed by atoms with Gasteiger partial charge in [0.2, 0.25) is 0 Å². The lowest BCUT2D eigenvalue weighted by Crippen LogP contribution is -2.22. The zero-order valence-corrected chi connectivity index (χ0v) is 10.5. The molecule has 0 saturated heterocycles. The molecule has 1 aliphatic heterocycles. The summed E-state index contributed by atoms with van der Waals surface area (Å²) in [4.78, 5) is 10.8. The number of benzene rings is 1. The van der Waals surface area contributed by atoms with Crippen molar-refractivity contribution in [1.29, 1.82) is 0 Å². The van der Waals surface area contributed by atoms with Crippen LogP contribution in [0.2, 0.25) is 5.02 Å². The zero-order chi connectivity index (χ0) is 12.7. The second-order valence-corrected chi connectivity index (χ2v) is 5.29. The fraction of sp³-hybridized carbons (Fsp3) is 0.462. The Morgan fingerprint density at radius 1 is 1.39 bits per heavy atom. The molecule has 3 rings (SSSR count). The number of carboxylic acid groups (broad SMARTS) is 1. The molecule has 18 heavy (non-hydrogen) atoms. The van der Waals surface area contributed by atoms with Crippen LogP contribution in [0.15, 0.2) is 12.1 Å². The van der Waals surface area contributed by atoms with E-state index in [1.807, 2.05) is 6.07 Å². The highest BCUT2D eigenvalue weighted by Gasteiger charge is 2.37. The van der Waals surface area contributed by atoms with E-state index in [9.17, 15) is 4.79 Å². The van der Waals surface area contributed by atoms with Crippen molar-refractivity contribution in [3.8, 4) is 5.75 Å². The second kappa shape index (κ2) is 4.35. The molecule has 2 unspecified atom stereocenters. The summed E-state index contributed by atoms with van der Waals surface area (Å²) in [6.45, 7) is 0. The molecule has 0 aromatic heterocycles. The topological polar surface area (TPSA) is 58.6 Å². The van der Waals surface area contributed by atoms with E-state index in [1.165, 1.54) is 12.8 Å². The number of amides is 1. The van der Waals surface area contributed by atoms with Crippen LogP contribution in [0, 0.1) is 0 Å². The summed E-state index contributed by atoms with van der Waals surface area (Å²) in [5.74, 6) is 1.03. The third-order valence-electron chi connectivity index (χ3n) is 3.70. The number of rotatable bonds is 1. The van der Waals surface area contributed by atoms with Crippen molar-refractivity contribution in [3.63, 3.8) is 0 Å². The maximum atomic E-state index is 10.8. The lowest BCUT2D eigenvalue weighted by atomic mass is 9.83. The summed E-state index contributed by atoms with van der Waals surface area (Å²) in [7, 11) is 0. The van der Waals surface area contributed by atoms with E-state index >= 15 is 0 Å². The first-order chi connectivity index (χ1) is 8.65. The van der Waals surface area contributed by atoms with Crippen molar-refractivity contribution in [1.82, 2.24) is 0 Å². The van der Waals surface area contributed by atoms with Gasteiger partial charge in [-0.1, -0.05) is 18.0 Å². The molecule has 1 amide bonds. The van der Waals surface area contributed by atoms with E-state index < -0.39 is 6.09 Å². The lowest BCUT2D eigenvalue weighted by Gasteiger charge is -2.23. The Morgan fingerprint density at radius 3 is 2.94 bits per heavy atom. The minimum Gasteiger partial charge on any atom is -0.487 e. The van der Waals surface area contributed by atoms with E-state index in [1.54, 1.807) is 6.07 Å². The van der Waals surface area contributed by atoms with Gasteiger partial charge < -0.3 is 9.84 Å². The van der Waals surface area contributed by atoms with Gasteiger partial charge in [-0.15, -0.1) is 0 Å². The lowest BCUT2D eigenvalue weighted by molar-refractivity contribution is 0.164. The first-order valence-electron chi connectivity index (χ1n) is 6.15. The highest BCUT2D eigenvalue weighted by Crippen LogP contribution is 2.49. The van der Waals surface area contributed by atoms with E-state index in [2.05, 4.69) is 5.32 Å². The van der Waals surface area contributed by atoms with Crippen LogP contribution in [-0.4, -0.2) is 17.3 Å². The quantitative estimate of drug-likeness (QED) is 0.812.